The summed E-state index contributed by atoms with van der Waals surface area (Å²) in [5, 5.41) is 20.5. The van der Waals surface area contributed by atoms with Crippen LogP contribution in [0.1, 0.15) is 38.5 Å². The molecule has 1 heterocycles. The zero-order valence-corrected chi connectivity index (χ0v) is 11.7. The Balaban J connectivity index is 1.91. The summed E-state index contributed by atoms with van der Waals surface area (Å²) in [5.41, 5.74) is 11.3. The molecule has 2 fully saturated rings. The fourth-order valence-corrected chi connectivity index (χ4v) is 3.16. The van der Waals surface area contributed by atoms with Crippen molar-refractivity contribution in [2.75, 3.05) is 6.54 Å². The molecular weight excluding hydrogens is 258 g/mol. The van der Waals surface area contributed by atoms with Crippen molar-refractivity contribution in [2.24, 2.45) is 17.4 Å². The second-order valence-electron chi connectivity index (χ2n) is 5.87. The van der Waals surface area contributed by atoms with Crippen LogP contribution in [-0.2, 0) is 4.79 Å². The summed E-state index contributed by atoms with van der Waals surface area (Å²) in [6, 6.07) is -0.261. The molecule has 1 saturated carbocycles. The maximum Gasteiger partial charge on any atom is 0.223 e. The van der Waals surface area contributed by atoms with Gasteiger partial charge in [0.2, 0.25) is 5.91 Å². The summed E-state index contributed by atoms with van der Waals surface area (Å²) in [5.74, 6) is -0.246. The molecule has 114 valence electrons. The van der Waals surface area contributed by atoms with Crippen LogP contribution in [0, 0.1) is 11.3 Å². The Hall–Kier alpha value is -1.34. The average Bonchev–Trinajstić information content (AvgIpc) is 2.40. The summed E-state index contributed by atoms with van der Waals surface area (Å²) in [7, 11) is 0. The van der Waals surface area contributed by atoms with Crippen molar-refractivity contribution in [3.63, 3.8) is 0 Å². The van der Waals surface area contributed by atoms with Crippen molar-refractivity contribution in [3.05, 3.63) is 0 Å². The van der Waals surface area contributed by atoms with Crippen LogP contribution in [0.15, 0.2) is 0 Å². The average molecular weight is 283 g/mol. The molecule has 0 spiro atoms. The lowest BCUT2D eigenvalue weighted by Gasteiger charge is -2.39. The van der Waals surface area contributed by atoms with E-state index in [0.29, 0.717) is 19.4 Å². The summed E-state index contributed by atoms with van der Waals surface area (Å²) in [6.07, 6.45) is 4.12. The number of carbonyl (C=O) groups excluding carboxylic acids is 1. The molecule has 7 heteroatoms. The minimum absolute atomic E-state index is 0.0328. The number of nitrogens with zero attached hydrogens (tertiary/aromatic N) is 1. The lowest BCUT2D eigenvalue weighted by Crippen LogP contribution is -2.59. The van der Waals surface area contributed by atoms with E-state index in [-0.39, 0.29) is 29.9 Å². The van der Waals surface area contributed by atoms with Gasteiger partial charge in [-0.3, -0.25) is 10.2 Å². The summed E-state index contributed by atoms with van der Waals surface area (Å²) in [4.78, 5) is 13.7. The molecule has 0 bridgehead atoms. The van der Waals surface area contributed by atoms with Crippen LogP contribution in [-0.4, -0.2) is 46.7 Å². The third-order valence-electron chi connectivity index (χ3n) is 4.32. The van der Waals surface area contributed by atoms with Gasteiger partial charge in [-0.2, -0.15) is 0 Å². The normalized spacial score (nSPS) is 34.6. The zero-order chi connectivity index (χ0) is 14.7. The van der Waals surface area contributed by atoms with Gasteiger partial charge in [0, 0.05) is 18.5 Å². The minimum Gasteiger partial charge on any atom is -0.371 e. The van der Waals surface area contributed by atoms with Crippen LogP contribution < -0.4 is 16.8 Å². The highest BCUT2D eigenvalue weighted by Crippen LogP contribution is 2.24. The molecule has 0 aromatic rings. The first-order chi connectivity index (χ1) is 9.49. The third kappa shape index (κ3) is 3.40. The number of carbonyl (C=O) groups is 1. The molecule has 7 N–H and O–H groups in total. The second kappa shape index (κ2) is 6.41. The molecule has 0 aromatic heterocycles. The van der Waals surface area contributed by atoms with Gasteiger partial charge in [0.1, 0.15) is 6.23 Å². The second-order valence-corrected chi connectivity index (χ2v) is 5.87. The Kier molecular flexibility index (Phi) is 4.82. The fraction of sp³-hybridized carbons (Fsp3) is 0.846. The first-order valence-corrected chi connectivity index (χ1v) is 7.33. The Morgan fingerprint density at radius 2 is 2.05 bits per heavy atom. The molecule has 0 aromatic carbocycles. The molecule has 4 atom stereocenters. The van der Waals surface area contributed by atoms with Gasteiger partial charge in [-0.15, -0.1) is 0 Å². The van der Waals surface area contributed by atoms with E-state index in [4.69, 9.17) is 16.9 Å². The van der Waals surface area contributed by atoms with E-state index in [2.05, 4.69) is 5.32 Å². The molecule has 2 rings (SSSR count). The van der Waals surface area contributed by atoms with E-state index in [1.54, 1.807) is 0 Å². The fourth-order valence-electron chi connectivity index (χ4n) is 3.16. The van der Waals surface area contributed by atoms with Crippen molar-refractivity contribution in [2.45, 2.75) is 56.8 Å². The number of aliphatic hydroxyl groups is 1. The molecule has 1 aliphatic carbocycles. The van der Waals surface area contributed by atoms with Crippen molar-refractivity contribution in [1.82, 2.24) is 10.2 Å². The number of aliphatic hydroxyl groups excluding tert-OH is 1. The number of likely N-dealkylation sites (tertiary alicyclic amines) is 1. The molecule has 20 heavy (non-hydrogen) atoms. The van der Waals surface area contributed by atoms with E-state index >= 15 is 0 Å². The quantitative estimate of drug-likeness (QED) is 0.338. The largest absolute Gasteiger partial charge is 0.371 e. The van der Waals surface area contributed by atoms with Gasteiger partial charge in [0.25, 0.3) is 0 Å². The van der Waals surface area contributed by atoms with Crippen LogP contribution in [0.2, 0.25) is 0 Å². The van der Waals surface area contributed by atoms with Crippen molar-refractivity contribution in [3.8, 4) is 0 Å². The first kappa shape index (κ1) is 15.1. The summed E-state index contributed by atoms with van der Waals surface area (Å²) in [6.45, 7) is 0.553. The maximum atomic E-state index is 12.3. The Bertz CT molecular complexity index is 376. The SMILES string of the molecule is N=C(N)N1CCC[C@H](NC(=O)[C@H]2CCC[C@H](N)C2)C1O. The number of amides is 1. The van der Waals surface area contributed by atoms with Gasteiger partial charge < -0.3 is 26.8 Å². The standard InChI is InChI=1S/C13H25N5O2/c14-9-4-1-3-8(7-9)11(19)17-10-5-2-6-18(12(10)20)13(15)16/h8-10,12,20H,1-7,14H2,(H3,15,16)(H,17,19)/t8-,9-,10-,12?/m0/s1. The van der Waals surface area contributed by atoms with E-state index in [0.717, 1.165) is 25.7 Å². The number of rotatable bonds is 2. The number of nitrogens with two attached hydrogens (primary N) is 2. The molecule has 2 aliphatic rings. The number of hydrogen-bond acceptors (Lipinski definition) is 4. The smallest absolute Gasteiger partial charge is 0.223 e. The Morgan fingerprint density at radius 3 is 2.70 bits per heavy atom. The van der Waals surface area contributed by atoms with Gasteiger partial charge in [-0.25, -0.2) is 0 Å². The minimum atomic E-state index is -0.914. The molecule has 1 aliphatic heterocycles. The highest BCUT2D eigenvalue weighted by molar-refractivity contribution is 5.79. The lowest BCUT2D eigenvalue weighted by atomic mass is 9.85. The molecular formula is C13H25N5O2. The van der Waals surface area contributed by atoms with Crippen molar-refractivity contribution >= 4 is 11.9 Å². The Labute approximate surface area is 119 Å². The predicted octanol–water partition coefficient (Wildman–Crippen LogP) is -0.704. The van der Waals surface area contributed by atoms with E-state index in [1.807, 2.05) is 0 Å². The third-order valence-corrected chi connectivity index (χ3v) is 4.32. The van der Waals surface area contributed by atoms with E-state index < -0.39 is 6.23 Å². The summed E-state index contributed by atoms with van der Waals surface area (Å²) >= 11 is 0. The first-order valence-electron chi connectivity index (χ1n) is 7.33. The van der Waals surface area contributed by atoms with Crippen LogP contribution in [0.5, 0.6) is 0 Å². The van der Waals surface area contributed by atoms with Crippen LogP contribution >= 0.6 is 0 Å². The van der Waals surface area contributed by atoms with E-state index in [9.17, 15) is 9.90 Å². The Morgan fingerprint density at radius 1 is 1.30 bits per heavy atom. The lowest BCUT2D eigenvalue weighted by molar-refractivity contribution is -0.129. The van der Waals surface area contributed by atoms with Gasteiger partial charge in [0.05, 0.1) is 6.04 Å². The molecule has 1 amide bonds. The molecule has 0 radical (unpaired) electrons. The van der Waals surface area contributed by atoms with Gasteiger partial charge >= 0.3 is 0 Å². The number of piperidine rings is 1. The maximum absolute atomic E-state index is 12.3. The zero-order valence-electron chi connectivity index (χ0n) is 11.7. The number of nitrogens with one attached hydrogen (secondary N) is 2. The van der Waals surface area contributed by atoms with Crippen LogP contribution in [0.3, 0.4) is 0 Å². The van der Waals surface area contributed by atoms with Gasteiger partial charge in [-0.1, -0.05) is 6.42 Å². The molecule has 1 unspecified atom stereocenters. The van der Waals surface area contributed by atoms with Gasteiger partial charge in [0.15, 0.2) is 5.96 Å². The number of guanidine groups is 1. The van der Waals surface area contributed by atoms with Crippen molar-refractivity contribution < 1.29 is 9.90 Å². The van der Waals surface area contributed by atoms with Crippen molar-refractivity contribution in [1.29, 1.82) is 5.41 Å². The summed E-state index contributed by atoms with van der Waals surface area (Å²) < 4.78 is 0. The highest BCUT2D eigenvalue weighted by Gasteiger charge is 2.34. The molecule has 7 nitrogen and oxygen atoms in total. The van der Waals surface area contributed by atoms with E-state index in [1.165, 1.54) is 4.90 Å². The van der Waals surface area contributed by atoms with Crippen LogP contribution in [0.4, 0.5) is 0 Å². The van der Waals surface area contributed by atoms with Crippen LogP contribution in [0.25, 0.3) is 0 Å². The monoisotopic (exact) mass is 283 g/mol. The predicted molar refractivity (Wildman–Crippen MR) is 75.7 cm³/mol. The van der Waals surface area contributed by atoms with Gasteiger partial charge in [-0.05, 0) is 32.1 Å². The topological polar surface area (TPSA) is 128 Å². The molecule has 1 saturated heterocycles. The highest BCUT2D eigenvalue weighted by atomic mass is 16.3. The number of hydrogen-bond donors (Lipinski definition) is 5.